The van der Waals surface area contributed by atoms with Gasteiger partial charge in [-0.25, -0.2) is 0 Å². The number of nitrogens with one attached hydrogen (secondary N) is 1. The van der Waals surface area contributed by atoms with Gasteiger partial charge in [0.05, 0.1) is 11.5 Å². The minimum Gasteiger partial charge on any atom is -0.326 e. The van der Waals surface area contributed by atoms with E-state index in [9.17, 15) is 27.6 Å². The summed E-state index contributed by atoms with van der Waals surface area (Å²) in [4.78, 5) is 40.0. The van der Waals surface area contributed by atoms with Crippen molar-refractivity contribution in [3.05, 3.63) is 53.6 Å². The van der Waals surface area contributed by atoms with Crippen molar-refractivity contribution in [2.45, 2.75) is 25.9 Å². The molecule has 3 amide bonds. The zero-order valence-corrected chi connectivity index (χ0v) is 16.7. The predicted octanol–water partition coefficient (Wildman–Crippen LogP) is 3.61. The predicted molar refractivity (Wildman–Crippen MR) is 109 cm³/mol. The van der Waals surface area contributed by atoms with E-state index in [1.54, 1.807) is 11.0 Å². The molecular formula is C22H20F3N3O3. The highest BCUT2D eigenvalue weighted by Crippen LogP contribution is 2.34. The first-order valence-electron chi connectivity index (χ1n) is 9.83. The second-order valence-corrected chi connectivity index (χ2v) is 7.70. The highest BCUT2D eigenvalue weighted by Gasteiger charge is 2.36. The van der Waals surface area contributed by atoms with Crippen molar-refractivity contribution in [3.8, 4) is 0 Å². The molecule has 0 aliphatic carbocycles. The first-order valence-corrected chi connectivity index (χ1v) is 9.83. The first kappa shape index (κ1) is 20.9. The molecule has 0 aromatic heterocycles. The summed E-state index contributed by atoms with van der Waals surface area (Å²) in [6.07, 6.45) is -3.73. The minimum atomic E-state index is -4.45. The van der Waals surface area contributed by atoms with Crippen molar-refractivity contribution < 1.29 is 27.6 Å². The van der Waals surface area contributed by atoms with E-state index in [0.29, 0.717) is 18.7 Å². The molecule has 0 bridgehead atoms. The quantitative estimate of drug-likeness (QED) is 0.807. The average Bonchev–Trinajstić information content (AvgIpc) is 3.30. The number of hydrogen-bond donors (Lipinski definition) is 1. The second kappa shape index (κ2) is 7.72. The Morgan fingerprint density at radius 3 is 2.45 bits per heavy atom. The molecule has 6 nitrogen and oxygen atoms in total. The number of amides is 3. The third-order valence-electron chi connectivity index (χ3n) is 5.63. The SMILES string of the molecule is CC(=O)N1CCc2cc(N3C[C@H](C(=O)Nc4ccc(C(F)(F)F)cc4)CC3=O)ccc21. The maximum atomic E-state index is 12.7. The smallest absolute Gasteiger partial charge is 0.326 e. The zero-order chi connectivity index (χ0) is 22.3. The Hall–Kier alpha value is -3.36. The van der Waals surface area contributed by atoms with Crippen molar-refractivity contribution >= 4 is 34.8 Å². The van der Waals surface area contributed by atoms with Crippen LogP contribution in [-0.4, -0.2) is 30.8 Å². The normalized spacial score (nSPS) is 18.3. The Kier molecular flexibility index (Phi) is 5.20. The maximum Gasteiger partial charge on any atom is 0.416 e. The third kappa shape index (κ3) is 4.12. The standard InChI is InChI=1S/C22H20F3N3O3/c1-13(29)27-9-8-14-10-18(6-7-19(14)27)28-12-15(11-20(28)30)21(31)26-17-4-2-16(3-5-17)22(23,24)25/h2-7,10,15H,8-9,11-12H2,1H3,(H,26,31)/t15-/m1/s1. The van der Waals surface area contributed by atoms with Crippen LogP contribution in [0.25, 0.3) is 0 Å². The molecule has 1 atom stereocenters. The molecule has 31 heavy (non-hydrogen) atoms. The fourth-order valence-electron chi connectivity index (χ4n) is 4.00. The number of benzene rings is 2. The molecule has 2 aliphatic rings. The summed E-state index contributed by atoms with van der Waals surface area (Å²) in [7, 11) is 0. The maximum absolute atomic E-state index is 12.7. The van der Waals surface area contributed by atoms with Crippen LogP contribution in [-0.2, 0) is 27.0 Å². The Labute approximate surface area is 176 Å². The summed E-state index contributed by atoms with van der Waals surface area (Å²) in [5, 5.41) is 2.59. The van der Waals surface area contributed by atoms with E-state index < -0.39 is 23.6 Å². The molecule has 4 rings (SSSR count). The van der Waals surface area contributed by atoms with Gasteiger partial charge in [0.15, 0.2) is 0 Å². The monoisotopic (exact) mass is 431 g/mol. The summed E-state index contributed by atoms with van der Waals surface area (Å²) >= 11 is 0. The number of halogens is 3. The lowest BCUT2D eigenvalue weighted by atomic mass is 10.1. The highest BCUT2D eigenvalue weighted by molar-refractivity contribution is 6.04. The Bertz CT molecular complexity index is 1050. The molecule has 1 fully saturated rings. The molecule has 0 unspecified atom stereocenters. The van der Waals surface area contributed by atoms with Gasteiger partial charge in [0.2, 0.25) is 17.7 Å². The summed E-state index contributed by atoms with van der Waals surface area (Å²) < 4.78 is 38.0. The summed E-state index contributed by atoms with van der Waals surface area (Å²) in [6.45, 7) is 2.29. The van der Waals surface area contributed by atoms with Gasteiger partial charge in [-0.3, -0.25) is 14.4 Å². The van der Waals surface area contributed by atoms with Gasteiger partial charge in [0.1, 0.15) is 0 Å². The van der Waals surface area contributed by atoms with Crippen LogP contribution >= 0.6 is 0 Å². The van der Waals surface area contributed by atoms with Crippen LogP contribution in [0.4, 0.5) is 30.2 Å². The topological polar surface area (TPSA) is 69.7 Å². The van der Waals surface area contributed by atoms with Gasteiger partial charge >= 0.3 is 6.18 Å². The van der Waals surface area contributed by atoms with Gasteiger partial charge in [0.25, 0.3) is 0 Å². The number of carbonyl (C=O) groups excluding carboxylic acids is 3. The number of fused-ring (bicyclic) bond motifs is 1. The molecule has 0 radical (unpaired) electrons. The summed E-state index contributed by atoms with van der Waals surface area (Å²) in [5.74, 6) is -1.27. The molecule has 162 valence electrons. The summed E-state index contributed by atoms with van der Waals surface area (Å²) in [5.41, 5.74) is 1.91. The van der Waals surface area contributed by atoms with Gasteiger partial charge in [-0.05, 0) is 54.4 Å². The van der Waals surface area contributed by atoms with Crippen molar-refractivity contribution in [1.82, 2.24) is 0 Å². The Balaban J connectivity index is 1.44. The number of rotatable bonds is 3. The zero-order valence-electron chi connectivity index (χ0n) is 16.7. The van der Waals surface area contributed by atoms with Crippen LogP contribution < -0.4 is 15.1 Å². The van der Waals surface area contributed by atoms with Crippen LogP contribution in [0.3, 0.4) is 0 Å². The van der Waals surface area contributed by atoms with E-state index >= 15 is 0 Å². The first-order chi connectivity index (χ1) is 14.6. The molecule has 1 saturated heterocycles. The molecule has 0 saturated carbocycles. The average molecular weight is 431 g/mol. The van der Waals surface area contributed by atoms with Gasteiger partial charge in [-0.15, -0.1) is 0 Å². The second-order valence-electron chi connectivity index (χ2n) is 7.70. The lowest BCUT2D eigenvalue weighted by Crippen LogP contribution is -2.28. The highest BCUT2D eigenvalue weighted by atomic mass is 19.4. The number of anilines is 3. The molecule has 2 heterocycles. The lowest BCUT2D eigenvalue weighted by molar-refractivity contribution is -0.137. The van der Waals surface area contributed by atoms with Gasteiger partial charge in [-0.1, -0.05) is 0 Å². The molecule has 2 aromatic carbocycles. The molecule has 1 N–H and O–H groups in total. The molecular weight excluding hydrogens is 411 g/mol. The molecule has 2 aliphatic heterocycles. The molecule has 2 aromatic rings. The van der Waals surface area contributed by atoms with Crippen LogP contribution in [0.2, 0.25) is 0 Å². The molecule has 0 spiro atoms. The Morgan fingerprint density at radius 2 is 1.81 bits per heavy atom. The van der Waals surface area contributed by atoms with E-state index in [0.717, 1.165) is 23.4 Å². The van der Waals surface area contributed by atoms with E-state index in [1.165, 1.54) is 24.0 Å². The fourth-order valence-corrected chi connectivity index (χ4v) is 4.00. The van der Waals surface area contributed by atoms with E-state index in [-0.39, 0.29) is 30.5 Å². The lowest BCUT2D eigenvalue weighted by Gasteiger charge is -2.19. The van der Waals surface area contributed by atoms with Crippen LogP contribution in [0.15, 0.2) is 42.5 Å². The number of hydrogen-bond acceptors (Lipinski definition) is 3. The van der Waals surface area contributed by atoms with Gasteiger partial charge in [-0.2, -0.15) is 13.2 Å². The van der Waals surface area contributed by atoms with Crippen LogP contribution in [0.1, 0.15) is 24.5 Å². The van der Waals surface area contributed by atoms with Crippen molar-refractivity contribution in [2.75, 3.05) is 28.2 Å². The third-order valence-corrected chi connectivity index (χ3v) is 5.63. The largest absolute Gasteiger partial charge is 0.416 e. The van der Waals surface area contributed by atoms with Crippen LogP contribution in [0, 0.1) is 5.92 Å². The van der Waals surface area contributed by atoms with Crippen molar-refractivity contribution in [3.63, 3.8) is 0 Å². The molecule has 9 heteroatoms. The van der Waals surface area contributed by atoms with E-state index in [4.69, 9.17) is 0 Å². The number of carbonyl (C=O) groups is 3. The van der Waals surface area contributed by atoms with E-state index in [1.807, 2.05) is 12.1 Å². The van der Waals surface area contributed by atoms with Gasteiger partial charge in [0, 0.05) is 43.5 Å². The van der Waals surface area contributed by atoms with Gasteiger partial charge < -0.3 is 15.1 Å². The fraction of sp³-hybridized carbons (Fsp3) is 0.318. The van der Waals surface area contributed by atoms with E-state index in [2.05, 4.69) is 5.32 Å². The minimum absolute atomic E-state index is 0.0170. The van der Waals surface area contributed by atoms with Crippen molar-refractivity contribution in [1.29, 1.82) is 0 Å². The van der Waals surface area contributed by atoms with Crippen LogP contribution in [0.5, 0.6) is 0 Å². The summed E-state index contributed by atoms with van der Waals surface area (Å²) in [6, 6.07) is 9.61. The van der Waals surface area contributed by atoms with Crippen molar-refractivity contribution in [2.24, 2.45) is 5.92 Å². The number of alkyl halides is 3. The number of nitrogens with zero attached hydrogens (tertiary/aromatic N) is 2. The Morgan fingerprint density at radius 1 is 1.10 bits per heavy atom.